The number of amides is 1. The van der Waals surface area contributed by atoms with Crippen LogP contribution in [0, 0.1) is 0 Å². The van der Waals surface area contributed by atoms with E-state index < -0.39 is 0 Å². The van der Waals surface area contributed by atoms with Gasteiger partial charge in [-0.25, -0.2) is 4.98 Å². The third-order valence-electron chi connectivity index (χ3n) is 5.34. The summed E-state index contributed by atoms with van der Waals surface area (Å²) in [5, 5.41) is 1.06. The number of hydrogen-bond donors (Lipinski definition) is 0. The normalized spacial score (nSPS) is 17.2. The average Bonchev–Trinajstić information content (AvgIpc) is 3.28. The van der Waals surface area contributed by atoms with Gasteiger partial charge in [0.25, 0.3) is 5.91 Å². The molecule has 0 N–H and O–H groups in total. The zero-order valence-corrected chi connectivity index (χ0v) is 15.9. The van der Waals surface area contributed by atoms with E-state index >= 15 is 0 Å². The molecule has 5 nitrogen and oxygen atoms in total. The van der Waals surface area contributed by atoms with E-state index in [1.807, 2.05) is 23.1 Å². The third kappa shape index (κ3) is 3.09. The lowest BCUT2D eigenvalue weighted by Crippen LogP contribution is -2.35. The molecule has 2 aliphatic heterocycles. The zero-order chi connectivity index (χ0) is 18.2. The van der Waals surface area contributed by atoms with E-state index in [0.29, 0.717) is 13.2 Å². The van der Waals surface area contributed by atoms with E-state index in [4.69, 9.17) is 9.72 Å². The highest BCUT2D eigenvalue weighted by atomic mass is 32.1. The number of ether oxygens (including phenoxy) is 1. The summed E-state index contributed by atoms with van der Waals surface area (Å²) in [4.78, 5) is 22.2. The molecule has 1 aromatic heterocycles. The Labute approximate surface area is 162 Å². The smallest absolute Gasteiger partial charge is 0.254 e. The molecule has 0 spiro atoms. The maximum absolute atomic E-state index is 13.1. The molecule has 0 aliphatic carbocycles. The van der Waals surface area contributed by atoms with Crippen LogP contribution in [0.5, 0.6) is 0 Å². The molecular formula is C21H21N3O2S. The molecular weight excluding hydrogens is 358 g/mol. The van der Waals surface area contributed by atoms with Crippen LogP contribution in [0.2, 0.25) is 0 Å². The Bertz CT molecular complexity index is 967. The quantitative estimate of drug-likeness (QED) is 0.681. The van der Waals surface area contributed by atoms with Crippen LogP contribution in [-0.2, 0) is 18.0 Å². The number of thiazole rings is 1. The molecule has 2 aliphatic rings. The fourth-order valence-electron chi connectivity index (χ4n) is 3.88. The van der Waals surface area contributed by atoms with Gasteiger partial charge in [-0.3, -0.25) is 4.79 Å². The Hall–Kier alpha value is -2.44. The Kier molecular flexibility index (Phi) is 4.30. The van der Waals surface area contributed by atoms with Crippen molar-refractivity contribution in [3.05, 3.63) is 59.2 Å². The first-order valence-corrected chi connectivity index (χ1v) is 10.2. The van der Waals surface area contributed by atoms with E-state index in [-0.39, 0.29) is 5.91 Å². The van der Waals surface area contributed by atoms with Gasteiger partial charge in [-0.2, -0.15) is 0 Å². The number of rotatable bonds is 2. The molecule has 0 atom stereocenters. The lowest BCUT2D eigenvalue weighted by Gasteiger charge is -2.22. The number of fused-ring (bicyclic) bond motifs is 2. The topological polar surface area (TPSA) is 45.7 Å². The van der Waals surface area contributed by atoms with Crippen LogP contribution in [-0.4, -0.2) is 42.0 Å². The first kappa shape index (κ1) is 16.7. The predicted octanol–water partition coefficient (Wildman–Crippen LogP) is 3.68. The monoisotopic (exact) mass is 379 g/mol. The molecule has 3 aromatic rings. The number of anilines is 1. The maximum Gasteiger partial charge on any atom is 0.254 e. The van der Waals surface area contributed by atoms with E-state index in [9.17, 15) is 4.79 Å². The van der Waals surface area contributed by atoms with Crippen molar-refractivity contribution in [2.24, 2.45) is 0 Å². The van der Waals surface area contributed by atoms with Gasteiger partial charge in [-0.1, -0.05) is 35.6 Å². The number of para-hydroxylation sites is 1. The Morgan fingerprint density at radius 2 is 1.93 bits per heavy atom. The lowest BCUT2D eigenvalue weighted by molar-refractivity contribution is 0.0762. The van der Waals surface area contributed by atoms with E-state index in [0.717, 1.165) is 59.9 Å². The van der Waals surface area contributed by atoms with Crippen molar-refractivity contribution in [3.63, 3.8) is 0 Å². The van der Waals surface area contributed by atoms with Crippen LogP contribution in [0.4, 0.5) is 5.13 Å². The largest absolute Gasteiger partial charge is 0.372 e. The first-order valence-electron chi connectivity index (χ1n) is 9.38. The lowest BCUT2D eigenvalue weighted by atomic mass is 10.0. The van der Waals surface area contributed by atoms with Crippen LogP contribution in [0.3, 0.4) is 0 Å². The molecule has 3 heterocycles. The SMILES string of the molecule is O=C(c1cccc2c1COC2)N1CCCN(c2nc3ccccc3s2)CC1. The number of hydrogen-bond acceptors (Lipinski definition) is 5. The van der Waals surface area contributed by atoms with Gasteiger partial charge in [0.05, 0.1) is 23.4 Å². The summed E-state index contributed by atoms with van der Waals surface area (Å²) in [7, 11) is 0. The van der Waals surface area contributed by atoms with Gasteiger partial charge in [-0.15, -0.1) is 0 Å². The minimum Gasteiger partial charge on any atom is -0.372 e. The van der Waals surface area contributed by atoms with Gasteiger partial charge < -0.3 is 14.5 Å². The van der Waals surface area contributed by atoms with Crippen molar-refractivity contribution < 1.29 is 9.53 Å². The molecule has 1 saturated heterocycles. The Morgan fingerprint density at radius 3 is 2.85 bits per heavy atom. The second-order valence-corrected chi connectivity index (χ2v) is 8.04. The number of benzene rings is 2. The van der Waals surface area contributed by atoms with E-state index in [1.165, 1.54) is 4.70 Å². The van der Waals surface area contributed by atoms with Crippen molar-refractivity contribution in [2.45, 2.75) is 19.6 Å². The molecule has 0 unspecified atom stereocenters. The summed E-state index contributed by atoms with van der Waals surface area (Å²) in [6.07, 6.45) is 0.952. The van der Waals surface area contributed by atoms with Gasteiger partial charge in [0.2, 0.25) is 0 Å². The van der Waals surface area contributed by atoms with E-state index in [1.54, 1.807) is 11.3 Å². The molecule has 5 rings (SSSR count). The minimum absolute atomic E-state index is 0.128. The summed E-state index contributed by atoms with van der Waals surface area (Å²) < 4.78 is 6.75. The minimum atomic E-state index is 0.128. The number of carbonyl (C=O) groups excluding carboxylic acids is 1. The van der Waals surface area contributed by atoms with Gasteiger partial charge in [0.15, 0.2) is 5.13 Å². The van der Waals surface area contributed by atoms with Crippen LogP contribution < -0.4 is 4.90 Å². The van der Waals surface area contributed by atoms with Crippen LogP contribution in [0.25, 0.3) is 10.2 Å². The molecule has 1 fully saturated rings. The fraction of sp³-hybridized carbons (Fsp3) is 0.333. The molecule has 0 radical (unpaired) electrons. The van der Waals surface area contributed by atoms with Crippen molar-refractivity contribution in [2.75, 3.05) is 31.1 Å². The predicted molar refractivity (Wildman–Crippen MR) is 107 cm³/mol. The average molecular weight is 379 g/mol. The van der Waals surface area contributed by atoms with Crippen LogP contribution in [0.1, 0.15) is 27.9 Å². The van der Waals surface area contributed by atoms with Crippen LogP contribution in [0.15, 0.2) is 42.5 Å². The van der Waals surface area contributed by atoms with Crippen molar-refractivity contribution >= 4 is 32.6 Å². The van der Waals surface area contributed by atoms with Gasteiger partial charge in [-0.05, 0) is 35.7 Å². The van der Waals surface area contributed by atoms with Gasteiger partial charge >= 0.3 is 0 Å². The molecule has 27 heavy (non-hydrogen) atoms. The first-order chi connectivity index (χ1) is 13.3. The van der Waals surface area contributed by atoms with Crippen molar-refractivity contribution in [1.29, 1.82) is 0 Å². The highest BCUT2D eigenvalue weighted by Gasteiger charge is 2.25. The third-order valence-corrected chi connectivity index (χ3v) is 6.44. The number of aromatic nitrogens is 1. The molecule has 0 bridgehead atoms. The second kappa shape index (κ2) is 6.94. The van der Waals surface area contributed by atoms with Gasteiger partial charge in [0, 0.05) is 31.7 Å². The molecule has 138 valence electrons. The fourth-order valence-corrected chi connectivity index (χ4v) is 4.90. The highest BCUT2D eigenvalue weighted by Crippen LogP contribution is 2.30. The summed E-state index contributed by atoms with van der Waals surface area (Å²) in [6, 6.07) is 14.2. The van der Waals surface area contributed by atoms with Gasteiger partial charge in [0.1, 0.15) is 0 Å². The standard InChI is InChI=1S/C21H21N3O2S/c25-20(16-6-3-5-15-13-26-14-17(15)16)23-9-4-10-24(12-11-23)21-22-18-7-1-2-8-19(18)27-21/h1-3,5-8H,4,9-14H2. The maximum atomic E-state index is 13.1. The summed E-state index contributed by atoms with van der Waals surface area (Å²) in [5.41, 5.74) is 4.06. The Balaban J connectivity index is 1.34. The highest BCUT2D eigenvalue weighted by molar-refractivity contribution is 7.22. The van der Waals surface area contributed by atoms with Crippen molar-refractivity contribution in [1.82, 2.24) is 9.88 Å². The number of carbonyl (C=O) groups is 1. The molecule has 1 amide bonds. The molecule has 6 heteroatoms. The van der Waals surface area contributed by atoms with Crippen LogP contribution >= 0.6 is 11.3 Å². The van der Waals surface area contributed by atoms with E-state index in [2.05, 4.69) is 29.2 Å². The van der Waals surface area contributed by atoms with Crippen molar-refractivity contribution in [3.8, 4) is 0 Å². The zero-order valence-electron chi connectivity index (χ0n) is 15.1. The molecule has 2 aromatic carbocycles. The number of nitrogens with zero attached hydrogens (tertiary/aromatic N) is 3. The second-order valence-electron chi connectivity index (χ2n) is 7.03. The summed E-state index contributed by atoms with van der Waals surface area (Å²) >= 11 is 1.73. The Morgan fingerprint density at radius 1 is 1.00 bits per heavy atom. The molecule has 0 saturated carbocycles. The summed E-state index contributed by atoms with van der Waals surface area (Å²) in [6.45, 7) is 4.41. The summed E-state index contributed by atoms with van der Waals surface area (Å²) in [5.74, 6) is 0.128.